The molecule has 0 aromatic carbocycles. The van der Waals surface area contributed by atoms with Crippen molar-refractivity contribution in [1.82, 2.24) is 10.3 Å². The topological polar surface area (TPSA) is 42.0 Å². The van der Waals surface area contributed by atoms with E-state index < -0.39 is 0 Å². The highest BCUT2D eigenvalue weighted by atomic mass is 32.1. The smallest absolute Gasteiger partial charge is 0.220 e. The Bertz CT molecular complexity index is 416. The van der Waals surface area contributed by atoms with Gasteiger partial charge in [0.1, 0.15) is 0 Å². The van der Waals surface area contributed by atoms with Crippen molar-refractivity contribution in [3.05, 3.63) is 29.6 Å². The molecular weight excluding hydrogens is 232 g/mol. The number of hydrogen-bond acceptors (Lipinski definition) is 3. The zero-order valence-electron chi connectivity index (χ0n) is 10.1. The largest absolute Gasteiger partial charge is 0.350 e. The van der Waals surface area contributed by atoms with Gasteiger partial charge in [0.15, 0.2) is 0 Å². The Morgan fingerprint density at radius 2 is 2.29 bits per heavy atom. The van der Waals surface area contributed by atoms with Crippen LogP contribution in [-0.2, 0) is 11.3 Å². The standard InChI is InChI=1S/C13H18N2OS/c1-10-3-2-4-11(15-10)8-14-12(16)7-13(9-17)5-6-13/h2-4,17H,5-9H2,1H3,(H,14,16). The lowest BCUT2D eigenvalue weighted by atomic mass is 10.1. The van der Waals surface area contributed by atoms with E-state index in [2.05, 4.69) is 22.9 Å². The van der Waals surface area contributed by atoms with Crippen LogP contribution >= 0.6 is 12.6 Å². The Morgan fingerprint density at radius 3 is 2.88 bits per heavy atom. The van der Waals surface area contributed by atoms with Crippen molar-refractivity contribution in [3.63, 3.8) is 0 Å². The van der Waals surface area contributed by atoms with E-state index in [-0.39, 0.29) is 11.3 Å². The molecule has 0 spiro atoms. The number of hydrogen-bond donors (Lipinski definition) is 2. The molecular formula is C13H18N2OS. The normalized spacial score (nSPS) is 16.6. The summed E-state index contributed by atoms with van der Waals surface area (Å²) in [6.45, 7) is 2.47. The van der Waals surface area contributed by atoms with Gasteiger partial charge in [-0.3, -0.25) is 9.78 Å². The minimum Gasteiger partial charge on any atom is -0.350 e. The molecule has 1 aromatic rings. The van der Waals surface area contributed by atoms with E-state index in [0.29, 0.717) is 13.0 Å². The van der Waals surface area contributed by atoms with Crippen molar-refractivity contribution >= 4 is 18.5 Å². The molecule has 0 aliphatic heterocycles. The van der Waals surface area contributed by atoms with Gasteiger partial charge in [0.05, 0.1) is 12.2 Å². The summed E-state index contributed by atoms with van der Waals surface area (Å²) >= 11 is 4.30. The van der Waals surface area contributed by atoms with Gasteiger partial charge in [0.25, 0.3) is 0 Å². The molecule has 0 unspecified atom stereocenters. The molecule has 1 fully saturated rings. The summed E-state index contributed by atoms with van der Waals surface area (Å²) < 4.78 is 0. The first-order chi connectivity index (χ1) is 8.13. The molecule has 1 aliphatic carbocycles. The van der Waals surface area contributed by atoms with Crippen LogP contribution in [0.1, 0.15) is 30.7 Å². The number of pyridine rings is 1. The van der Waals surface area contributed by atoms with Crippen molar-refractivity contribution in [2.75, 3.05) is 5.75 Å². The maximum absolute atomic E-state index is 11.7. The summed E-state index contributed by atoms with van der Waals surface area (Å²) in [5, 5.41) is 2.92. The Labute approximate surface area is 107 Å². The lowest BCUT2D eigenvalue weighted by Crippen LogP contribution is -2.26. The summed E-state index contributed by atoms with van der Waals surface area (Å²) in [5.41, 5.74) is 2.08. The van der Waals surface area contributed by atoms with Gasteiger partial charge in [-0.2, -0.15) is 12.6 Å². The third-order valence-corrected chi connectivity index (χ3v) is 3.91. The van der Waals surface area contributed by atoms with E-state index in [4.69, 9.17) is 0 Å². The Balaban J connectivity index is 1.80. The van der Waals surface area contributed by atoms with Crippen molar-refractivity contribution in [1.29, 1.82) is 0 Å². The number of aryl methyl sites for hydroxylation is 1. The molecule has 92 valence electrons. The van der Waals surface area contributed by atoms with Crippen LogP contribution in [0.3, 0.4) is 0 Å². The highest BCUT2D eigenvalue weighted by molar-refractivity contribution is 7.80. The minimum atomic E-state index is 0.111. The van der Waals surface area contributed by atoms with Gasteiger partial charge in [0, 0.05) is 12.1 Å². The molecule has 0 radical (unpaired) electrons. The molecule has 0 saturated heterocycles. The SMILES string of the molecule is Cc1cccc(CNC(=O)CC2(CS)CC2)n1. The molecule has 1 saturated carbocycles. The quantitative estimate of drug-likeness (QED) is 0.786. The first kappa shape index (κ1) is 12.4. The van der Waals surface area contributed by atoms with Crippen molar-refractivity contribution in [2.24, 2.45) is 5.41 Å². The van der Waals surface area contributed by atoms with Gasteiger partial charge in [-0.1, -0.05) is 6.07 Å². The minimum absolute atomic E-state index is 0.111. The van der Waals surface area contributed by atoms with E-state index in [1.807, 2.05) is 25.1 Å². The first-order valence-electron chi connectivity index (χ1n) is 5.94. The number of aromatic nitrogens is 1. The molecule has 1 N–H and O–H groups in total. The van der Waals surface area contributed by atoms with Crippen molar-refractivity contribution in [3.8, 4) is 0 Å². The van der Waals surface area contributed by atoms with Gasteiger partial charge in [-0.25, -0.2) is 0 Å². The van der Waals surface area contributed by atoms with E-state index in [1.54, 1.807) is 0 Å². The van der Waals surface area contributed by atoms with Gasteiger partial charge in [0.2, 0.25) is 5.91 Å². The third-order valence-electron chi connectivity index (χ3n) is 3.24. The molecule has 2 rings (SSSR count). The molecule has 1 amide bonds. The molecule has 1 heterocycles. The molecule has 4 heteroatoms. The van der Waals surface area contributed by atoms with Gasteiger partial charge in [-0.05, 0) is 43.1 Å². The third kappa shape index (κ3) is 3.46. The second-order valence-electron chi connectivity index (χ2n) is 4.88. The van der Waals surface area contributed by atoms with Crippen LogP contribution in [0.25, 0.3) is 0 Å². The number of amides is 1. The number of nitrogens with zero attached hydrogens (tertiary/aromatic N) is 1. The zero-order valence-corrected chi connectivity index (χ0v) is 11.0. The van der Waals surface area contributed by atoms with Crippen molar-refractivity contribution < 1.29 is 4.79 Å². The van der Waals surface area contributed by atoms with Crippen LogP contribution in [0.4, 0.5) is 0 Å². The maximum Gasteiger partial charge on any atom is 0.220 e. The summed E-state index contributed by atoms with van der Waals surface area (Å²) in [5.74, 6) is 0.920. The fourth-order valence-electron chi connectivity index (χ4n) is 1.86. The second kappa shape index (κ2) is 5.08. The second-order valence-corrected chi connectivity index (χ2v) is 5.20. The highest BCUT2D eigenvalue weighted by Crippen LogP contribution is 2.49. The van der Waals surface area contributed by atoms with Gasteiger partial charge in [-0.15, -0.1) is 0 Å². The maximum atomic E-state index is 11.7. The average molecular weight is 250 g/mol. The number of thiol groups is 1. The van der Waals surface area contributed by atoms with Crippen LogP contribution in [0.2, 0.25) is 0 Å². The number of carbonyl (C=O) groups is 1. The summed E-state index contributed by atoms with van der Waals surface area (Å²) in [7, 11) is 0. The summed E-state index contributed by atoms with van der Waals surface area (Å²) in [6, 6.07) is 5.84. The zero-order chi connectivity index (χ0) is 12.3. The van der Waals surface area contributed by atoms with Crippen LogP contribution in [0.15, 0.2) is 18.2 Å². The monoisotopic (exact) mass is 250 g/mol. The summed E-state index contributed by atoms with van der Waals surface area (Å²) in [4.78, 5) is 16.1. The van der Waals surface area contributed by atoms with Crippen LogP contribution < -0.4 is 5.32 Å². The van der Waals surface area contributed by atoms with E-state index in [0.717, 1.165) is 30.0 Å². The lowest BCUT2D eigenvalue weighted by molar-refractivity contribution is -0.122. The molecule has 0 atom stereocenters. The Kier molecular flexibility index (Phi) is 3.72. The molecule has 0 bridgehead atoms. The van der Waals surface area contributed by atoms with Crippen LogP contribution in [0.5, 0.6) is 0 Å². The van der Waals surface area contributed by atoms with E-state index >= 15 is 0 Å². The van der Waals surface area contributed by atoms with Gasteiger partial charge < -0.3 is 5.32 Å². The van der Waals surface area contributed by atoms with E-state index in [9.17, 15) is 4.79 Å². The molecule has 1 aliphatic rings. The highest BCUT2D eigenvalue weighted by Gasteiger charge is 2.42. The Morgan fingerprint density at radius 1 is 1.53 bits per heavy atom. The van der Waals surface area contributed by atoms with E-state index in [1.165, 1.54) is 0 Å². The summed E-state index contributed by atoms with van der Waals surface area (Å²) in [6.07, 6.45) is 2.86. The lowest BCUT2D eigenvalue weighted by Gasteiger charge is -2.11. The number of carbonyl (C=O) groups excluding carboxylic acids is 1. The average Bonchev–Trinajstić information content (AvgIpc) is 3.07. The fraction of sp³-hybridized carbons (Fsp3) is 0.538. The van der Waals surface area contributed by atoms with Crippen molar-refractivity contribution in [2.45, 2.75) is 32.7 Å². The van der Waals surface area contributed by atoms with Gasteiger partial charge >= 0.3 is 0 Å². The fourth-order valence-corrected chi connectivity index (χ4v) is 2.29. The molecule has 1 aromatic heterocycles. The predicted molar refractivity (Wildman–Crippen MR) is 71.0 cm³/mol. The number of rotatable bonds is 5. The predicted octanol–water partition coefficient (Wildman–Crippen LogP) is 2.11. The number of nitrogens with one attached hydrogen (secondary N) is 1. The molecule has 3 nitrogen and oxygen atoms in total. The van der Waals surface area contributed by atoms with Crippen LogP contribution in [0, 0.1) is 12.3 Å². The van der Waals surface area contributed by atoms with Crippen LogP contribution in [-0.4, -0.2) is 16.6 Å². The Hall–Kier alpha value is -1.03. The molecule has 17 heavy (non-hydrogen) atoms. The first-order valence-corrected chi connectivity index (χ1v) is 6.57.